The number of nitrogens with zero attached hydrogens (tertiary/aromatic N) is 2. The van der Waals surface area contributed by atoms with Crippen LogP contribution in [0.2, 0.25) is 0 Å². The molecule has 1 aliphatic heterocycles. The highest BCUT2D eigenvalue weighted by molar-refractivity contribution is 9.10. The van der Waals surface area contributed by atoms with Gasteiger partial charge in [0, 0.05) is 31.7 Å². The molecule has 6 aromatic rings. The molecule has 3 heteroatoms. The van der Waals surface area contributed by atoms with Gasteiger partial charge in [0.15, 0.2) is 0 Å². The van der Waals surface area contributed by atoms with Crippen LogP contribution in [0, 0.1) is 0 Å². The molecule has 0 N–H and O–H groups in total. The zero-order valence-corrected chi connectivity index (χ0v) is 19.5. The van der Waals surface area contributed by atoms with E-state index in [1.165, 1.54) is 55.3 Å². The first kappa shape index (κ1) is 18.3. The third kappa shape index (κ3) is 2.14. The molecular formula is C29H21BrN2. The van der Waals surface area contributed by atoms with Crippen LogP contribution in [0.25, 0.3) is 44.1 Å². The molecule has 0 fully saturated rings. The lowest BCUT2D eigenvalue weighted by Gasteiger charge is -2.34. The Kier molecular flexibility index (Phi) is 3.51. The number of hydrogen-bond donors (Lipinski definition) is 0. The molecule has 0 radical (unpaired) electrons. The molecule has 0 saturated heterocycles. The predicted octanol–water partition coefficient (Wildman–Crippen LogP) is 8.13. The van der Waals surface area contributed by atoms with E-state index in [0.717, 1.165) is 4.47 Å². The lowest BCUT2D eigenvalue weighted by atomic mass is 9.77. The average Bonchev–Trinajstić information content (AvgIpc) is 3.32. The number of benzene rings is 4. The first-order valence-corrected chi connectivity index (χ1v) is 11.8. The Morgan fingerprint density at radius 2 is 1.38 bits per heavy atom. The van der Waals surface area contributed by atoms with Gasteiger partial charge < -0.3 is 9.13 Å². The molecule has 2 nitrogen and oxygen atoms in total. The molecule has 0 saturated carbocycles. The number of halogens is 1. The maximum Gasteiger partial charge on any atom is 0.0763 e. The van der Waals surface area contributed by atoms with Gasteiger partial charge >= 0.3 is 0 Å². The number of rotatable bonds is 1. The van der Waals surface area contributed by atoms with E-state index < -0.39 is 0 Å². The van der Waals surface area contributed by atoms with E-state index in [0.29, 0.717) is 0 Å². The standard InChI is InChI=1S/C29H21BrN2/c1-29(2)23-13-8-12-20-22-17-18(30)15-16-25(22)32(26(20)23)27-21-11-6-7-14-24(21)31(28(27)29)19-9-4-3-5-10-19/h3-17H,1-2H3. The van der Waals surface area contributed by atoms with Gasteiger partial charge in [-0.3, -0.25) is 0 Å². The Bertz CT molecular complexity index is 1700. The van der Waals surface area contributed by atoms with Crippen molar-refractivity contribution in [3.63, 3.8) is 0 Å². The maximum atomic E-state index is 3.70. The fraction of sp³-hybridized carbons (Fsp3) is 0.103. The second-order valence-electron chi connectivity index (χ2n) is 9.21. The Labute approximate surface area is 194 Å². The summed E-state index contributed by atoms with van der Waals surface area (Å²) < 4.78 is 6.09. The van der Waals surface area contributed by atoms with Crippen LogP contribution in [0.4, 0.5) is 0 Å². The molecule has 32 heavy (non-hydrogen) atoms. The number of hydrogen-bond acceptors (Lipinski definition) is 0. The summed E-state index contributed by atoms with van der Waals surface area (Å²) in [5.74, 6) is 0. The van der Waals surface area contributed by atoms with Gasteiger partial charge in [-0.1, -0.05) is 84.4 Å². The second-order valence-corrected chi connectivity index (χ2v) is 10.1. The van der Waals surface area contributed by atoms with Crippen LogP contribution in [0.3, 0.4) is 0 Å². The van der Waals surface area contributed by atoms with Crippen molar-refractivity contribution in [1.82, 2.24) is 9.13 Å². The van der Waals surface area contributed by atoms with Crippen LogP contribution < -0.4 is 0 Å². The third-order valence-electron chi connectivity index (χ3n) is 7.10. The molecule has 7 rings (SSSR count). The first-order valence-electron chi connectivity index (χ1n) is 11.0. The van der Waals surface area contributed by atoms with Crippen LogP contribution in [0.5, 0.6) is 0 Å². The van der Waals surface area contributed by atoms with Gasteiger partial charge in [0.2, 0.25) is 0 Å². The van der Waals surface area contributed by atoms with Crippen LogP contribution in [-0.4, -0.2) is 9.13 Å². The molecule has 0 spiro atoms. The summed E-state index contributed by atoms with van der Waals surface area (Å²) in [5, 5.41) is 3.89. The highest BCUT2D eigenvalue weighted by atomic mass is 79.9. The molecule has 3 heterocycles. The second kappa shape index (κ2) is 6.14. The van der Waals surface area contributed by atoms with E-state index in [9.17, 15) is 0 Å². The normalized spacial score (nSPS) is 14.3. The summed E-state index contributed by atoms with van der Waals surface area (Å²) in [7, 11) is 0. The first-order chi connectivity index (χ1) is 15.6. The van der Waals surface area contributed by atoms with E-state index in [1.807, 2.05) is 0 Å². The number of fused-ring (bicyclic) bond motifs is 7. The van der Waals surface area contributed by atoms with E-state index in [4.69, 9.17) is 0 Å². The maximum absolute atomic E-state index is 3.70. The van der Waals surface area contributed by atoms with Crippen LogP contribution >= 0.6 is 15.9 Å². The molecule has 0 amide bonds. The summed E-state index contributed by atoms with van der Waals surface area (Å²) >= 11 is 3.70. The highest BCUT2D eigenvalue weighted by Crippen LogP contribution is 2.51. The quantitative estimate of drug-likeness (QED) is 0.226. The Balaban J connectivity index is 1.79. The Hall–Kier alpha value is -3.30. The number of para-hydroxylation sites is 3. The fourth-order valence-electron chi connectivity index (χ4n) is 5.78. The van der Waals surface area contributed by atoms with Gasteiger partial charge in [-0.05, 0) is 42.0 Å². The summed E-state index contributed by atoms with van der Waals surface area (Å²) in [6, 6.07) is 33.0. The van der Waals surface area contributed by atoms with Crippen molar-refractivity contribution in [2.45, 2.75) is 19.3 Å². The Morgan fingerprint density at radius 1 is 0.656 bits per heavy atom. The van der Waals surface area contributed by atoms with Gasteiger partial charge in [-0.25, -0.2) is 0 Å². The molecule has 0 unspecified atom stereocenters. The lowest BCUT2D eigenvalue weighted by Crippen LogP contribution is -2.28. The average molecular weight is 477 g/mol. The molecule has 0 bridgehead atoms. The van der Waals surface area contributed by atoms with Gasteiger partial charge in [0.05, 0.1) is 27.9 Å². The van der Waals surface area contributed by atoms with E-state index in [1.54, 1.807) is 0 Å². The topological polar surface area (TPSA) is 9.86 Å². The third-order valence-corrected chi connectivity index (χ3v) is 7.59. The van der Waals surface area contributed by atoms with E-state index >= 15 is 0 Å². The lowest BCUT2D eigenvalue weighted by molar-refractivity contribution is 0.596. The highest BCUT2D eigenvalue weighted by Gasteiger charge is 2.39. The predicted molar refractivity (Wildman–Crippen MR) is 137 cm³/mol. The molecule has 0 aliphatic carbocycles. The van der Waals surface area contributed by atoms with Crippen molar-refractivity contribution < 1.29 is 0 Å². The van der Waals surface area contributed by atoms with Crippen molar-refractivity contribution in [2.24, 2.45) is 0 Å². The molecule has 4 aromatic carbocycles. The van der Waals surface area contributed by atoms with Crippen molar-refractivity contribution in [1.29, 1.82) is 0 Å². The van der Waals surface area contributed by atoms with Gasteiger partial charge in [-0.15, -0.1) is 0 Å². The summed E-state index contributed by atoms with van der Waals surface area (Å²) in [4.78, 5) is 0. The van der Waals surface area contributed by atoms with Crippen molar-refractivity contribution in [3.05, 3.63) is 107 Å². The molecule has 2 aromatic heterocycles. The van der Waals surface area contributed by atoms with E-state index in [-0.39, 0.29) is 5.41 Å². The van der Waals surface area contributed by atoms with Crippen molar-refractivity contribution >= 4 is 48.6 Å². The summed E-state index contributed by atoms with van der Waals surface area (Å²) in [6.07, 6.45) is 0. The zero-order valence-electron chi connectivity index (χ0n) is 17.9. The summed E-state index contributed by atoms with van der Waals surface area (Å²) in [6.45, 7) is 4.74. The van der Waals surface area contributed by atoms with Crippen LogP contribution in [-0.2, 0) is 5.41 Å². The minimum atomic E-state index is -0.161. The van der Waals surface area contributed by atoms with E-state index in [2.05, 4.69) is 130 Å². The SMILES string of the molecule is CC1(C)c2cccc3c4cc(Br)ccc4n(c23)-c2c1n(-c1ccccc1)c1ccccc21. The van der Waals surface area contributed by atoms with Crippen molar-refractivity contribution in [3.8, 4) is 11.4 Å². The van der Waals surface area contributed by atoms with Gasteiger partial charge in [0.25, 0.3) is 0 Å². The van der Waals surface area contributed by atoms with Gasteiger partial charge in [-0.2, -0.15) is 0 Å². The molecule has 1 aliphatic rings. The zero-order chi connectivity index (χ0) is 21.6. The number of aromatic nitrogens is 2. The van der Waals surface area contributed by atoms with Crippen LogP contribution in [0.15, 0.2) is 95.5 Å². The molecular weight excluding hydrogens is 456 g/mol. The fourth-order valence-corrected chi connectivity index (χ4v) is 6.14. The Morgan fingerprint density at radius 3 is 2.22 bits per heavy atom. The largest absolute Gasteiger partial charge is 0.311 e. The minimum absolute atomic E-state index is 0.161. The minimum Gasteiger partial charge on any atom is -0.311 e. The monoisotopic (exact) mass is 476 g/mol. The molecule has 154 valence electrons. The smallest absolute Gasteiger partial charge is 0.0763 e. The summed E-state index contributed by atoms with van der Waals surface area (Å²) in [5.41, 5.74) is 8.88. The van der Waals surface area contributed by atoms with Gasteiger partial charge in [0.1, 0.15) is 0 Å². The molecule has 0 atom stereocenters. The van der Waals surface area contributed by atoms with Crippen LogP contribution in [0.1, 0.15) is 25.1 Å². The van der Waals surface area contributed by atoms with Crippen molar-refractivity contribution in [2.75, 3.05) is 0 Å².